The third kappa shape index (κ3) is 4.94. The molecule has 0 aliphatic heterocycles. The fraction of sp³-hybridized carbons (Fsp3) is 0.261. The van der Waals surface area contributed by atoms with Crippen molar-refractivity contribution in [1.29, 1.82) is 0 Å². The van der Waals surface area contributed by atoms with Gasteiger partial charge in [-0.15, -0.1) is 0 Å². The number of benzene rings is 2. The maximum atomic E-state index is 12.8. The molecule has 1 heterocycles. The minimum atomic E-state index is -0.229. The molecule has 0 aliphatic carbocycles. The Morgan fingerprint density at radius 3 is 2.29 bits per heavy atom. The molecule has 0 fully saturated rings. The molecule has 0 atom stereocenters. The van der Waals surface area contributed by atoms with Crippen molar-refractivity contribution < 1.29 is 4.79 Å². The number of carbonyl (C=O) groups is 1. The van der Waals surface area contributed by atoms with Gasteiger partial charge in [-0.3, -0.25) is 4.79 Å². The molecule has 0 bridgehead atoms. The molecule has 1 aromatic heterocycles. The van der Waals surface area contributed by atoms with Gasteiger partial charge in [0, 0.05) is 24.8 Å². The van der Waals surface area contributed by atoms with Crippen LogP contribution in [-0.4, -0.2) is 22.4 Å². The summed E-state index contributed by atoms with van der Waals surface area (Å²) in [5.41, 5.74) is 4.55. The second kappa shape index (κ2) is 8.65. The topological polar surface area (TPSA) is 58.1 Å². The molecule has 1 N–H and O–H groups in total. The molecule has 0 spiro atoms. The van der Waals surface area contributed by atoms with Gasteiger partial charge in [0.1, 0.15) is 17.3 Å². The van der Waals surface area contributed by atoms with Crippen molar-refractivity contribution in [2.75, 3.05) is 16.8 Å². The summed E-state index contributed by atoms with van der Waals surface area (Å²) in [4.78, 5) is 23.8. The molecule has 1 amide bonds. The first-order chi connectivity index (χ1) is 13.4. The van der Waals surface area contributed by atoms with Crippen LogP contribution < -0.4 is 10.2 Å². The standard InChI is InChI=1S/C23H26N4O/c1-5-27(15-19-9-7-6-8-10-19)22-14-21(24-18(4)25-22)23(28)26-20-12-16(2)11-17(3)13-20/h6-14H,5,15H2,1-4H3,(H,26,28). The van der Waals surface area contributed by atoms with Crippen LogP contribution >= 0.6 is 0 Å². The summed E-state index contributed by atoms with van der Waals surface area (Å²) in [5, 5.41) is 2.95. The number of nitrogens with one attached hydrogen (secondary N) is 1. The third-order valence-electron chi connectivity index (χ3n) is 4.46. The van der Waals surface area contributed by atoms with Gasteiger partial charge in [-0.25, -0.2) is 9.97 Å². The van der Waals surface area contributed by atoms with Crippen LogP contribution in [0.5, 0.6) is 0 Å². The molecule has 0 saturated heterocycles. The summed E-state index contributed by atoms with van der Waals surface area (Å²) in [5.74, 6) is 1.10. The van der Waals surface area contributed by atoms with Crippen molar-refractivity contribution in [2.45, 2.75) is 34.2 Å². The first kappa shape index (κ1) is 19.5. The smallest absolute Gasteiger partial charge is 0.274 e. The zero-order valence-corrected chi connectivity index (χ0v) is 16.9. The number of aryl methyl sites for hydroxylation is 3. The van der Waals surface area contributed by atoms with Gasteiger partial charge in [-0.2, -0.15) is 0 Å². The van der Waals surface area contributed by atoms with Gasteiger partial charge in [0.05, 0.1) is 0 Å². The van der Waals surface area contributed by atoms with E-state index in [-0.39, 0.29) is 5.91 Å². The maximum Gasteiger partial charge on any atom is 0.274 e. The molecule has 144 valence electrons. The minimum absolute atomic E-state index is 0.229. The normalized spacial score (nSPS) is 10.6. The third-order valence-corrected chi connectivity index (χ3v) is 4.46. The highest BCUT2D eigenvalue weighted by molar-refractivity contribution is 6.03. The lowest BCUT2D eigenvalue weighted by atomic mass is 10.1. The summed E-state index contributed by atoms with van der Waals surface area (Å²) in [6.07, 6.45) is 0. The molecular weight excluding hydrogens is 348 g/mol. The van der Waals surface area contributed by atoms with Crippen LogP contribution in [0.4, 0.5) is 11.5 Å². The Kier molecular flexibility index (Phi) is 6.04. The van der Waals surface area contributed by atoms with Crippen LogP contribution in [0.3, 0.4) is 0 Å². The van der Waals surface area contributed by atoms with Crippen molar-refractivity contribution in [3.63, 3.8) is 0 Å². The van der Waals surface area contributed by atoms with Gasteiger partial charge in [-0.1, -0.05) is 36.4 Å². The lowest BCUT2D eigenvalue weighted by molar-refractivity contribution is 0.102. The van der Waals surface area contributed by atoms with Crippen LogP contribution in [0.25, 0.3) is 0 Å². The number of nitrogens with zero attached hydrogens (tertiary/aromatic N) is 3. The summed E-state index contributed by atoms with van der Waals surface area (Å²) >= 11 is 0. The van der Waals surface area contributed by atoms with E-state index in [1.165, 1.54) is 5.56 Å². The van der Waals surface area contributed by atoms with Crippen molar-refractivity contribution >= 4 is 17.4 Å². The molecule has 3 aromatic rings. The molecule has 0 unspecified atom stereocenters. The van der Waals surface area contributed by atoms with E-state index < -0.39 is 0 Å². The van der Waals surface area contributed by atoms with Crippen LogP contribution in [0.1, 0.15) is 39.9 Å². The van der Waals surface area contributed by atoms with E-state index in [2.05, 4.69) is 45.3 Å². The van der Waals surface area contributed by atoms with Crippen LogP contribution in [0.2, 0.25) is 0 Å². The predicted molar refractivity (Wildman–Crippen MR) is 114 cm³/mol. The number of anilines is 2. The minimum Gasteiger partial charge on any atom is -0.352 e. The molecule has 5 heteroatoms. The van der Waals surface area contributed by atoms with Crippen molar-refractivity contribution in [2.24, 2.45) is 0 Å². The van der Waals surface area contributed by atoms with Gasteiger partial charge >= 0.3 is 0 Å². The Bertz CT molecular complexity index is 949. The first-order valence-corrected chi connectivity index (χ1v) is 9.49. The Hall–Kier alpha value is -3.21. The van der Waals surface area contributed by atoms with Crippen molar-refractivity contribution in [3.05, 3.63) is 82.8 Å². The fourth-order valence-electron chi connectivity index (χ4n) is 3.23. The Morgan fingerprint density at radius 1 is 0.964 bits per heavy atom. The zero-order chi connectivity index (χ0) is 20.1. The summed E-state index contributed by atoms with van der Waals surface area (Å²) in [6.45, 7) is 9.43. The van der Waals surface area contributed by atoms with Crippen molar-refractivity contribution in [1.82, 2.24) is 9.97 Å². The van der Waals surface area contributed by atoms with Gasteiger partial charge in [-0.05, 0) is 56.5 Å². The number of rotatable bonds is 6. The lowest BCUT2D eigenvalue weighted by Crippen LogP contribution is -2.25. The largest absolute Gasteiger partial charge is 0.352 e. The van der Waals surface area contributed by atoms with E-state index in [1.807, 2.05) is 51.1 Å². The van der Waals surface area contributed by atoms with Crippen molar-refractivity contribution in [3.8, 4) is 0 Å². The number of hydrogen-bond donors (Lipinski definition) is 1. The van der Waals surface area contributed by atoms with Crippen LogP contribution in [-0.2, 0) is 6.54 Å². The average Bonchev–Trinajstić information content (AvgIpc) is 2.65. The van der Waals surface area contributed by atoms with E-state index in [4.69, 9.17) is 0 Å². The number of amides is 1. The van der Waals surface area contributed by atoms with E-state index >= 15 is 0 Å². The van der Waals surface area contributed by atoms with Crippen LogP contribution in [0, 0.1) is 20.8 Å². The highest BCUT2D eigenvalue weighted by Gasteiger charge is 2.15. The Labute approximate surface area is 166 Å². The van der Waals surface area contributed by atoms with Gasteiger partial charge < -0.3 is 10.2 Å². The fourth-order valence-corrected chi connectivity index (χ4v) is 3.23. The van der Waals surface area contributed by atoms with Crippen LogP contribution in [0.15, 0.2) is 54.6 Å². The van der Waals surface area contributed by atoms with Gasteiger partial charge in [0.25, 0.3) is 5.91 Å². The maximum absolute atomic E-state index is 12.8. The Morgan fingerprint density at radius 2 is 1.64 bits per heavy atom. The lowest BCUT2D eigenvalue weighted by Gasteiger charge is -2.22. The second-order valence-electron chi connectivity index (χ2n) is 6.99. The van der Waals surface area contributed by atoms with E-state index in [9.17, 15) is 4.79 Å². The SMILES string of the molecule is CCN(Cc1ccccc1)c1cc(C(=O)Nc2cc(C)cc(C)c2)nc(C)n1. The summed E-state index contributed by atoms with van der Waals surface area (Å²) in [7, 11) is 0. The molecule has 28 heavy (non-hydrogen) atoms. The summed E-state index contributed by atoms with van der Waals surface area (Å²) in [6, 6.07) is 18.0. The second-order valence-corrected chi connectivity index (χ2v) is 6.99. The number of hydrogen-bond acceptors (Lipinski definition) is 4. The molecule has 0 aliphatic rings. The first-order valence-electron chi connectivity index (χ1n) is 9.49. The predicted octanol–water partition coefficient (Wildman–Crippen LogP) is 4.68. The van der Waals surface area contributed by atoms with E-state index in [0.717, 1.165) is 35.7 Å². The summed E-state index contributed by atoms with van der Waals surface area (Å²) < 4.78 is 0. The monoisotopic (exact) mass is 374 g/mol. The quantitative estimate of drug-likeness (QED) is 0.680. The molecule has 3 rings (SSSR count). The van der Waals surface area contributed by atoms with E-state index in [1.54, 1.807) is 6.07 Å². The molecule has 2 aromatic carbocycles. The molecule has 0 radical (unpaired) electrons. The highest BCUT2D eigenvalue weighted by atomic mass is 16.1. The molecule has 0 saturated carbocycles. The van der Waals surface area contributed by atoms with E-state index in [0.29, 0.717) is 11.5 Å². The molecular formula is C23H26N4O. The van der Waals surface area contributed by atoms with Gasteiger partial charge in [0.15, 0.2) is 0 Å². The zero-order valence-electron chi connectivity index (χ0n) is 16.9. The molecule has 5 nitrogen and oxygen atoms in total. The Balaban J connectivity index is 1.84. The average molecular weight is 374 g/mol. The number of carbonyl (C=O) groups excluding carboxylic acids is 1. The van der Waals surface area contributed by atoms with Gasteiger partial charge in [0.2, 0.25) is 0 Å². The number of aromatic nitrogens is 2. The highest BCUT2D eigenvalue weighted by Crippen LogP contribution is 2.18.